The number of thioether (sulfide) groups is 1. The number of pyridine rings is 1. The molecule has 0 atom stereocenters. The molecule has 17 heavy (non-hydrogen) atoms. The zero-order valence-corrected chi connectivity index (χ0v) is 10.2. The molecule has 6 heteroatoms. The Hall–Kier alpha value is -1.46. The molecule has 0 bridgehead atoms. The number of carboxylic acid groups (broad SMARTS) is 1. The number of rotatable bonds is 4. The lowest BCUT2D eigenvalue weighted by atomic mass is 10.3. The Balaban J connectivity index is 2.02. The van der Waals surface area contributed by atoms with Crippen LogP contribution < -0.4 is 0 Å². The number of aromatic carboxylic acids is 1. The number of hydrogen-bond donors (Lipinski definition) is 1. The SMILES string of the molecule is O=C(O)c1ccc(SCc2cccnc2Cl)o1. The number of furan rings is 1. The first kappa shape index (κ1) is 12.0. The molecule has 0 saturated heterocycles. The summed E-state index contributed by atoms with van der Waals surface area (Å²) in [6, 6.07) is 6.71. The molecule has 1 N–H and O–H groups in total. The van der Waals surface area contributed by atoms with Crippen molar-refractivity contribution in [3.05, 3.63) is 46.9 Å². The van der Waals surface area contributed by atoms with Gasteiger partial charge in [-0.25, -0.2) is 9.78 Å². The van der Waals surface area contributed by atoms with Gasteiger partial charge in [0.2, 0.25) is 5.76 Å². The van der Waals surface area contributed by atoms with Crippen molar-refractivity contribution >= 4 is 29.3 Å². The minimum atomic E-state index is -1.07. The van der Waals surface area contributed by atoms with E-state index in [1.165, 1.54) is 17.8 Å². The monoisotopic (exact) mass is 269 g/mol. The second-order valence-electron chi connectivity index (χ2n) is 3.17. The van der Waals surface area contributed by atoms with Gasteiger partial charge in [0.15, 0.2) is 5.09 Å². The van der Waals surface area contributed by atoms with E-state index in [0.717, 1.165) is 5.56 Å². The van der Waals surface area contributed by atoms with E-state index < -0.39 is 5.97 Å². The second kappa shape index (κ2) is 5.25. The van der Waals surface area contributed by atoms with E-state index in [1.807, 2.05) is 6.07 Å². The van der Waals surface area contributed by atoms with E-state index in [0.29, 0.717) is 16.0 Å². The van der Waals surface area contributed by atoms with Gasteiger partial charge in [0.25, 0.3) is 0 Å². The van der Waals surface area contributed by atoms with Crippen LogP contribution in [0.25, 0.3) is 0 Å². The molecule has 2 aromatic heterocycles. The third-order valence-electron chi connectivity index (χ3n) is 2.00. The third-order valence-corrected chi connectivity index (χ3v) is 3.30. The Morgan fingerprint density at radius 1 is 1.47 bits per heavy atom. The van der Waals surface area contributed by atoms with Crippen LogP contribution in [0.3, 0.4) is 0 Å². The number of carbonyl (C=O) groups is 1. The molecule has 0 aromatic carbocycles. The molecule has 0 aliphatic rings. The smallest absolute Gasteiger partial charge is 0.371 e. The highest BCUT2D eigenvalue weighted by molar-refractivity contribution is 7.98. The average Bonchev–Trinajstić information content (AvgIpc) is 2.77. The van der Waals surface area contributed by atoms with Crippen molar-refractivity contribution in [3.63, 3.8) is 0 Å². The van der Waals surface area contributed by atoms with E-state index in [-0.39, 0.29) is 5.76 Å². The molecule has 2 heterocycles. The molecule has 0 saturated carbocycles. The van der Waals surface area contributed by atoms with Crippen LogP contribution >= 0.6 is 23.4 Å². The van der Waals surface area contributed by atoms with Crippen molar-refractivity contribution in [2.24, 2.45) is 0 Å². The Bertz CT molecular complexity index is 541. The van der Waals surface area contributed by atoms with Gasteiger partial charge in [-0.3, -0.25) is 0 Å². The van der Waals surface area contributed by atoms with E-state index in [4.69, 9.17) is 21.1 Å². The van der Waals surface area contributed by atoms with Crippen molar-refractivity contribution in [2.75, 3.05) is 0 Å². The van der Waals surface area contributed by atoms with E-state index in [9.17, 15) is 4.79 Å². The maximum absolute atomic E-state index is 10.6. The molecular formula is C11H8ClNO3S. The standard InChI is InChI=1S/C11H8ClNO3S/c12-10-7(2-1-5-13-10)6-17-9-4-3-8(16-9)11(14)15/h1-5H,6H2,(H,14,15). The first-order valence-electron chi connectivity index (χ1n) is 4.72. The maximum Gasteiger partial charge on any atom is 0.371 e. The molecule has 2 rings (SSSR count). The fourth-order valence-corrected chi connectivity index (χ4v) is 2.30. The summed E-state index contributed by atoms with van der Waals surface area (Å²) in [4.78, 5) is 14.6. The number of nitrogens with zero attached hydrogens (tertiary/aromatic N) is 1. The van der Waals surface area contributed by atoms with Crippen LogP contribution in [0.2, 0.25) is 5.15 Å². The molecule has 88 valence electrons. The second-order valence-corrected chi connectivity index (χ2v) is 4.50. The van der Waals surface area contributed by atoms with Crippen molar-refractivity contribution < 1.29 is 14.3 Å². The zero-order valence-electron chi connectivity index (χ0n) is 8.59. The van der Waals surface area contributed by atoms with Gasteiger partial charge in [-0.15, -0.1) is 0 Å². The molecule has 0 unspecified atom stereocenters. The van der Waals surface area contributed by atoms with Gasteiger partial charge < -0.3 is 9.52 Å². The summed E-state index contributed by atoms with van der Waals surface area (Å²) in [5, 5.41) is 9.69. The molecule has 0 aliphatic carbocycles. The van der Waals surface area contributed by atoms with Crippen molar-refractivity contribution in [1.82, 2.24) is 4.98 Å². The fraction of sp³-hybridized carbons (Fsp3) is 0.0909. The summed E-state index contributed by atoms with van der Waals surface area (Å²) in [6.45, 7) is 0. The summed E-state index contributed by atoms with van der Waals surface area (Å²) < 4.78 is 5.11. The summed E-state index contributed by atoms with van der Waals surface area (Å²) in [7, 11) is 0. The minimum Gasteiger partial charge on any atom is -0.475 e. The van der Waals surface area contributed by atoms with Crippen LogP contribution in [0.1, 0.15) is 16.1 Å². The van der Waals surface area contributed by atoms with Crippen molar-refractivity contribution in [3.8, 4) is 0 Å². The van der Waals surface area contributed by atoms with Crippen LogP contribution in [0.4, 0.5) is 0 Å². The molecule has 0 radical (unpaired) electrons. The lowest BCUT2D eigenvalue weighted by Gasteiger charge is -2.00. The normalized spacial score (nSPS) is 10.4. The summed E-state index contributed by atoms with van der Waals surface area (Å²) in [6.07, 6.45) is 1.62. The minimum absolute atomic E-state index is 0.0650. The Labute approximate surface area is 107 Å². The summed E-state index contributed by atoms with van der Waals surface area (Å²) in [5.74, 6) is -0.555. The van der Waals surface area contributed by atoms with E-state index in [1.54, 1.807) is 18.3 Å². The van der Waals surface area contributed by atoms with Crippen LogP contribution in [-0.2, 0) is 5.75 Å². The van der Waals surface area contributed by atoms with E-state index in [2.05, 4.69) is 4.98 Å². The van der Waals surface area contributed by atoms with E-state index >= 15 is 0 Å². The number of hydrogen-bond acceptors (Lipinski definition) is 4. The summed E-state index contributed by atoms with van der Waals surface area (Å²) in [5.41, 5.74) is 0.882. The Morgan fingerprint density at radius 2 is 2.29 bits per heavy atom. The van der Waals surface area contributed by atoms with Gasteiger partial charge in [0.1, 0.15) is 5.15 Å². The average molecular weight is 270 g/mol. The first-order chi connectivity index (χ1) is 8.16. The van der Waals surface area contributed by atoms with Crippen LogP contribution in [-0.4, -0.2) is 16.1 Å². The molecule has 0 amide bonds. The topological polar surface area (TPSA) is 63.3 Å². The first-order valence-corrected chi connectivity index (χ1v) is 6.08. The quantitative estimate of drug-likeness (QED) is 0.681. The van der Waals surface area contributed by atoms with Gasteiger partial charge in [0, 0.05) is 11.9 Å². The molecule has 0 aliphatic heterocycles. The fourth-order valence-electron chi connectivity index (χ4n) is 1.19. The maximum atomic E-state index is 10.6. The molecule has 0 spiro atoms. The molecule has 4 nitrogen and oxygen atoms in total. The Morgan fingerprint density at radius 3 is 2.94 bits per heavy atom. The highest BCUT2D eigenvalue weighted by Gasteiger charge is 2.10. The predicted molar refractivity (Wildman–Crippen MR) is 64.5 cm³/mol. The highest BCUT2D eigenvalue weighted by Crippen LogP contribution is 2.27. The Kier molecular flexibility index (Phi) is 3.71. The number of carboxylic acids is 1. The lowest BCUT2D eigenvalue weighted by molar-refractivity contribution is 0.0656. The molecule has 0 fully saturated rings. The van der Waals surface area contributed by atoms with Gasteiger partial charge in [-0.2, -0.15) is 0 Å². The van der Waals surface area contributed by atoms with Crippen molar-refractivity contribution in [1.29, 1.82) is 0 Å². The van der Waals surface area contributed by atoms with Crippen LogP contribution in [0.15, 0.2) is 40.0 Å². The van der Waals surface area contributed by atoms with Crippen LogP contribution in [0, 0.1) is 0 Å². The van der Waals surface area contributed by atoms with Crippen LogP contribution in [0.5, 0.6) is 0 Å². The van der Waals surface area contributed by atoms with Gasteiger partial charge in [-0.05, 0) is 23.8 Å². The zero-order chi connectivity index (χ0) is 12.3. The molecular weight excluding hydrogens is 262 g/mol. The van der Waals surface area contributed by atoms with Crippen molar-refractivity contribution in [2.45, 2.75) is 10.8 Å². The van der Waals surface area contributed by atoms with Gasteiger partial charge in [-0.1, -0.05) is 29.4 Å². The summed E-state index contributed by atoms with van der Waals surface area (Å²) >= 11 is 7.27. The predicted octanol–water partition coefficient (Wildman–Crippen LogP) is 3.32. The number of aromatic nitrogens is 1. The van der Waals surface area contributed by atoms with Gasteiger partial charge >= 0.3 is 5.97 Å². The molecule has 2 aromatic rings. The third kappa shape index (κ3) is 3.01. The number of halogens is 1. The highest BCUT2D eigenvalue weighted by atomic mass is 35.5. The lowest BCUT2D eigenvalue weighted by Crippen LogP contribution is -1.91. The van der Waals surface area contributed by atoms with Gasteiger partial charge in [0.05, 0.1) is 0 Å². The largest absolute Gasteiger partial charge is 0.475 e.